The molecule has 0 unspecified atom stereocenters. The quantitative estimate of drug-likeness (QED) is 0.274. The summed E-state index contributed by atoms with van der Waals surface area (Å²) in [5.41, 5.74) is -0.637. The molecule has 0 amide bonds. The third-order valence-electron chi connectivity index (χ3n) is 9.29. The number of rotatable bonds is 6. The van der Waals surface area contributed by atoms with Crippen LogP contribution in [0.2, 0.25) is 0 Å². The fraction of sp³-hybridized carbons (Fsp3) is 0.839. The number of likely N-dealkylation sites (N-methyl/N-ethyl adjacent to an activating group) is 1. The minimum Gasteiger partial charge on any atom is -0.462 e. The van der Waals surface area contributed by atoms with E-state index in [1.807, 2.05) is 53.6 Å². The van der Waals surface area contributed by atoms with Gasteiger partial charge in [0.2, 0.25) is 0 Å². The van der Waals surface area contributed by atoms with Crippen LogP contribution in [0.4, 0.5) is 0 Å². The van der Waals surface area contributed by atoms with E-state index in [4.69, 9.17) is 18.9 Å². The number of nitrogens with zero attached hydrogens (tertiary/aromatic N) is 1. The minimum atomic E-state index is -1.15. The first-order valence-electron chi connectivity index (χ1n) is 15.1. The largest absolute Gasteiger partial charge is 0.462 e. The monoisotopic (exact) mass is 581 g/mol. The van der Waals surface area contributed by atoms with Crippen molar-refractivity contribution in [3.63, 3.8) is 0 Å². The molecule has 10 heteroatoms. The van der Waals surface area contributed by atoms with Crippen LogP contribution in [0.3, 0.4) is 0 Å². The van der Waals surface area contributed by atoms with E-state index in [0.29, 0.717) is 19.3 Å². The van der Waals surface area contributed by atoms with Gasteiger partial charge in [0.05, 0.1) is 30.8 Å². The van der Waals surface area contributed by atoms with E-state index in [0.717, 1.165) is 6.29 Å². The highest BCUT2D eigenvalue weighted by Gasteiger charge is 2.55. The Morgan fingerprint density at radius 1 is 1.12 bits per heavy atom. The van der Waals surface area contributed by atoms with Crippen molar-refractivity contribution in [2.75, 3.05) is 14.1 Å². The van der Waals surface area contributed by atoms with Crippen molar-refractivity contribution in [3.8, 4) is 0 Å². The van der Waals surface area contributed by atoms with E-state index in [1.54, 1.807) is 19.1 Å². The molecule has 3 aliphatic heterocycles. The van der Waals surface area contributed by atoms with Gasteiger partial charge in [0.15, 0.2) is 12.1 Å². The van der Waals surface area contributed by atoms with Crippen molar-refractivity contribution in [2.24, 2.45) is 23.7 Å². The van der Waals surface area contributed by atoms with Crippen LogP contribution < -0.4 is 0 Å². The van der Waals surface area contributed by atoms with E-state index >= 15 is 0 Å². The lowest BCUT2D eigenvalue weighted by atomic mass is 9.79. The zero-order chi connectivity index (χ0) is 30.6. The molecule has 3 aliphatic rings. The van der Waals surface area contributed by atoms with E-state index in [9.17, 15) is 24.6 Å². The van der Waals surface area contributed by atoms with Crippen LogP contribution in [0.25, 0.3) is 0 Å². The highest BCUT2D eigenvalue weighted by Crippen LogP contribution is 2.45. The third kappa shape index (κ3) is 8.24. The van der Waals surface area contributed by atoms with Gasteiger partial charge >= 0.3 is 5.97 Å². The second kappa shape index (κ2) is 14.2. The van der Waals surface area contributed by atoms with Gasteiger partial charge in [-0.15, -0.1) is 0 Å². The Kier molecular flexibility index (Phi) is 11.7. The molecule has 0 radical (unpaired) electrons. The predicted octanol–water partition coefficient (Wildman–Crippen LogP) is 2.67. The lowest BCUT2D eigenvalue weighted by Gasteiger charge is -2.44. The van der Waals surface area contributed by atoms with Crippen molar-refractivity contribution < 1.29 is 43.5 Å². The Morgan fingerprint density at radius 3 is 2.41 bits per heavy atom. The number of cyclic esters (lactones) is 1. The molecule has 10 nitrogen and oxygen atoms in total. The maximum Gasteiger partial charge on any atom is 0.308 e. The molecular formula is C31H51NO9. The summed E-state index contributed by atoms with van der Waals surface area (Å²) >= 11 is 0. The lowest BCUT2D eigenvalue weighted by Crippen LogP contribution is -2.56. The summed E-state index contributed by atoms with van der Waals surface area (Å²) in [7, 11) is 3.76. The van der Waals surface area contributed by atoms with Crippen LogP contribution >= 0.6 is 0 Å². The molecule has 2 saturated heterocycles. The van der Waals surface area contributed by atoms with Crippen LogP contribution in [0.15, 0.2) is 12.2 Å². The van der Waals surface area contributed by atoms with Gasteiger partial charge in [-0.2, -0.15) is 0 Å². The van der Waals surface area contributed by atoms with Gasteiger partial charge < -0.3 is 38.9 Å². The molecule has 3 rings (SSSR count). The number of epoxide rings is 1. The van der Waals surface area contributed by atoms with Crippen molar-refractivity contribution in [3.05, 3.63) is 12.2 Å². The third-order valence-corrected chi connectivity index (χ3v) is 9.29. The molecule has 41 heavy (non-hydrogen) atoms. The average Bonchev–Trinajstić information content (AvgIpc) is 3.60. The summed E-state index contributed by atoms with van der Waals surface area (Å²) in [4.78, 5) is 40.0. The van der Waals surface area contributed by atoms with E-state index in [2.05, 4.69) is 0 Å². The number of aliphatic hydroxyl groups is 2. The molecule has 3 heterocycles. The number of aliphatic hydroxyl groups excluding tert-OH is 2. The molecule has 2 N–H and O–H groups in total. The SMILES string of the molecule is CC[C@H]1OC(=O)C[C@@H](O)[C@@H](C)[C@@H](O[C@@H]2O[C@@H](C)C[C@@H](N(C)C)[C@H]2O)[C@H](CC=O)C[C@@H](C)C(=O)/C=C\[C@@]2(C)O[C@@H]2[C@H]1C. The zero-order valence-corrected chi connectivity index (χ0v) is 25.9. The number of carbonyl (C=O) groups excluding carboxylic acids is 3. The Bertz CT molecular complexity index is 941. The zero-order valence-electron chi connectivity index (χ0n) is 25.9. The molecule has 0 aliphatic carbocycles. The molecule has 0 bridgehead atoms. The second-order valence-corrected chi connectivity index (χ2v) is 12.9. The van der Waals surface area contributed by atoms with Gasteiger partial charge in [-0.25, -0.2) is 0 Å². The standard InChI is InChI=1S/C31H51NO9/c1-9-25-20(5)29-31(6,41-29)12-10-23(34)17(2)14-21(11-13-33)28(19(4)24(35)16-26(36)39-25)40-30-27(37)22(32(7)8)15-18(3)38-30/h10,12-13,17-22,24-25,27-30,35,37H,9,11,14-16H2,1-8H3/b12-10-/t17-,18+,19-,20+,21-,22-,24-,25-,27-,28-,29-,30+,31-/m1/s1. The molecule has 2 fully saturated rings. The van der Waals surface area contributed by atoms with Crippen LogP contribution in [-0.2, 0) is 33.3 Å². The number of ether oxygens (including phenoxy) is 4. The first-order chi connectivity index (χ1) is 19.2. The average molecular weight is 582 g/mol. The number of carbonyl (C=O) groups is 3. The van der Waals surface area contributed by atoms with E-state index in [-0.39, 0.29) is 42.8 Å². The summed E-state index contributed by atoms with van der Waals surface area (Å²) in [6.07, 6.45) is 0.627. The molecule has 0 aromatic carbocycles. The summed E-state index contributed by atoms with van der Waals surface area (Å²) in [5, 5.41) is 22.4. The number of hydrogen-bond acceptors (Lipinski definition) is 10. The first-order valence-corrected chi connectivity index (χ1v) is 15.1. The molecule has 0 saturated carbocycles. The molecular weight excluding hydrogens is 530 g/mol. The van der Waals surface area contributed by atoms with Crippen LogP contribution in [0.1, 0.15) is 73.6 Å². The number of ketones is 1. The maximum absolute atomic E-state index is 13.2. The normalized spacial score (nSPS) is 45.5. The molecule has 0 spiro atoms. The van der Waals surface area contributed by atoms with Crippen molar-refractivity contribution in [1.29, 1.82) is 0 Å². The summed E-state index contributed by atoms with van der Waals surface area (Å²) in [6.45, 7) is 11.3. The highest BCUT2D eigenvalue weighted by atomic mass is 16.7. The Labute approximate surface area is 244 Å². The Morgan fingerprint density at radius 2 is 1.80 bits per heavy atom. The number of allylic oxidation sites excluding steroid dienone is 1. The molecule has 234 valence electrons. The van der Waals surface area contributed by atoms with E-state index in [1.165, 1.54) is 0 Å². The lowest BCUT2D eigenvalue weighted by molar-refractivity contribution is -0.283. The van der Waals surface area contributed by atoms with Gasteiger partial charge in [-0.1, -0.05) is 27.7 Å². The van der Waals surface area contributed by atoms with Gasteiger partial charge in [-0.3, -0.25) is 9.59 Å². The molecule has 0 aromatic heterocycles. The van der Waals surface area contributed by atoms with E-state index < -0.39 is 60.0 Å². The Balaban J connectivity index is 1.95. The van der Waals surface area contributed by atoms with Crippen molar-refractivity contribution in [1.82, 2.24) is 4.90 Å². The highest BCUT2D eigenvalue weighted by molar-refractivity contribution is 5.91. The summed E-state index contributed by atoms with van der Waals surface area (Å²) < 4.78 is 24.2. The molecule has 0 aromatic rings. The Hall–Kier alpha value is -1.69. The topological polar surface area (TPSA) is 135 Å². The summed E-state index contributed by atoms with van der Waals surface area (Å²) in [5.74, 6) is -2.32. The van der Waals surface area contributed by atoms with Crippen molar-refractivity contribution >= 4 is 18.0 Å². The van der Waals surface area contributed by atoms with Crippen LogP contribution in [0.5, 0.6) is 0 Å². The van der Waals surface area contributed by atoms with Gasteiger partial charge in [0, 0.05) is 30.2 Å². The fourth-order valence-electron chi connectivity index (χ4n) is 6.50. The van der Waals surface area contributed by atoms with Crippen LogP contribution in [-0.4, -0.2) is 102 Å². The number of esters is 1. The first kappa shape index (κ1) is 33.8. The maximum atomic E-state index is 13.2. The van der Waals surface area contributed by atoms with Gasteiger partial charge in [0.1, 0.15) is 24.1 Å². The van der Waals surface area contributed by atoms with Crippen LogP contribution in [0, 0.1) is 23.7 Å². The smallest absolute Gasteiger partial charge is 0.308 e. The summed E-state index contributed by atoms with van der Waals surface area (Å²) in [6, 6.07) is -0.219. The number of aldehydes is 1. The fourth-order valence-corrected chi connectivity index (χ4v) is 6.50. The number of hydrogen-bond donors (Lipinski definition) is 2. The molecule has 13 atom stereocenters. The second-order valence-electron chi connectivity index (χ2n) is 12.9. The van der Waals surface area contributed by atoms with Gasteiger partial charge in [0.25, 0.3) is 0 Å². The van der Waals surface area contributed by atoms with Crippen molar-refractivity contribution in [2.45, 2.75) is 128 Å². The predicted molar refractivity (Wildman–Crippen MR) is 152 cm³/mol. The number of fused-ring (bicyclic) bond motifs is 1. The van der Waals surface area contributed by atoms with Gasteiger partial charge in [-0.05, 0) is 65.3 Å². The minimum absolute atomic E-state index is 0.0707.